The van der Waals surface area contributed by atoms with Crippen LogP contribution in [0.4, 0.5) is 0 Å². The van der Waals surface area contributed by atoms with Crippen molar-refractivity contribution < 1.29 is 8.42 Å². The van der Waals surface area contributed by atoms with Crippen LogP contribution < -0.4 is 0 Å². The normalized spacial score (nSPS) is 13.7. The summed E-state index contributed by atoms with van der Waals surface area (Å²) in [4.78, 5) is 8.05. The molecule has 96 valence electrons. The van der Waals surface area contributed by atoms with Gasteiger partial charge >= 0.3 is 0 Å². The summed E-state index contributed by atoms with van der Waals surface area (Å²) in [6.45, 7) is 1.62. The van der Waals surface area contributed by atoms with Gasteiger partial charge < -0.3 is 0 Å². The Kier molecular flexibility index (Phi) is 3.82. The monoisotopic (exact) mass is 284 g/mol. The molecule has 1 heterocycles. The highest BCUT2D eigenvalue weighted by atomic mass is 35.5. The second kappa shape index (κ2) is 5.20. The van der Waals surface area contributed by atoms with E-state index in [9.17, 15) is 8.42 Å². The Bertz CT molecular complexity index is 658. The second-order valence-electron chi connectivity index (χ2n) is 4.04. The third-order valence-corrected chi connectivity index (χ3v) is 4.99. The van der Waals surface area contributed by atoms with Crippen molar-refractivity contribution in [3.8, 4) is 0 Å². The predicted molar refractivity (Wildman–Crippen MR) is 71.5 cm³/mol. The number of nitrogens with zero attached hydrogens (tertiary/aromatic N) is 2. The van der Waals surface area contributed by atoms with Crippen LogP contribution in [0.2, 0.25) is 0 Å². The molecule has 0 N–H and O–H groups in total. The molecule has 0 aliphatic carbocycles. The number of fused-ring (bicyclic) bond motifs is 1. The Morgan fingerprint density at radius 2 is 2.06 bits per heavy atom. The molecule has 6 heteroatoms. The zero-order chi connectivity index (χ0) is 13.2. The number of benzene rings is 1. The molecule has 1 aromatic heterocycles. The maximum absolute atomic E-state index is 12.2. The van der Waals surface area contributed by atoms with Crippen LogP contribution in [0.25, 0.3) is 10.9 Å². The first-order valence-electron chi connectivity index (χ1n) is 5.57. The Hall–Kier alpha value is -1.20. The van der Waals surface area contributed by atoms with Crippen LogP contribution in [-0.2, 0) is 9.84 Å². The Labute approximate surface area is 111 Å². The highest BCUT2D eigenvalue weighted by molar-refractivity contribution is 7.91. The molecule has 0 bridgehead atoms. The Morgan fingerprint density at radius 1 is 1.33 bits per heavy atom. The highest BCUT2D eigenvalue weighted by Gasteiger charge is 2.25. The number of rotatable bonds is 4. The van der Waals surface area contributed by atoms with Crippen molar-refractivity contribution in [2.24, 2.45) is 0 Å². The zero-order valence-electron chi connectivity index (χ0n) is 9.88. The quantitative estimate of drug-likeness (QED) is 0.639. The van der Waals surface area contributed by atoms with Gasteiger partial charge in [-0.15, -0.1) is 11.6 Å². The number of aromatic nitrogens is 2. The maximum atomic E-state index is 12.2. The van der Waals surface area contributed by atoms with Crippen molar-refractivity contribution in [2.75, 3.05) is 5.88 Å². The van der Waals surface area contributed by atoms with Gasteiger partial charge in [0.15, 0.2) is 0 Å². The van der Waals surface area contributed by atoms with Gasteiger partial charge in [0, 0.05) is 17.5 Å². The molecule has 0 fully saturated rings. The lowest BCUT2D eigenvalue weighted by Crippen LogP contribution is -2.20. The number of halogens is 1. The van der Waals surface area contributed by atoms with Gasteiger partial charge in [0.05, 0.1) is 10.8 Å². The van der Waals surface area contributed by atoms with E-state index in [1.165, 1.54) is 6.20 Å². The number of para-hydroxylation sites is 1. The van der Waals surface area contributed by atoms with Gasteiger partial charge in [-0.25, -0.2) is 18.4 Å². The fourth-order valence-electron chi connectivity index (χ4n) is 1.58. The molecule has 2 aromatic rings. The number of hydrogen-bond donors (Lipinski definition) is 0. The highest BCUT2D eigenvalue weighted by Crippen LogP contribution is 2.17. The first kappa shape index (κ1) is 13.2. The first-order chi connectivity index (χ1) is 8.55. The fraction of sp³-hybridized carbons (Fsp3) is 0.333. The molecule has 0 radical (unpaired) electrons. The number of sulfone groups is 1. The molecule has 18 heavy (non-hydrogen) atoms. The third kappa shape index (κ3) is 2.47. The minimum absolute atomic E-state index is 0.126. The van der Waals surface area contributed by atoms with Crippen LogP contribution in [0.3, 0.4) is 0 Å². The van der Waals surface area contributed by atoms with Crippen molar-refractivity contribution >= 4 is 32.3 Å². The summed E-state index contributed by atoms with van der Waals surface area (Å²) in [6, 6.07) is 7.28. The van der Waals surface area contributed by atoms with Gasteiger partial charge in [0.1, 0.15) is 0 Å². The van der Waals surface area contributed by atoms with Crippen LogP contribution in [0.15, 0.2) is 35.6 Å². The molecule has 0 amide bonds. The van der Waals surface area contributed by atoms with Crippen molar-refractivity contribution in [3.05, 3.63) is 30.5 Å². The van der Waals surface area contributed by atoms with E-state index in [0.717, 1.165) is 5.39 Å². The third-order valence-electron chi connectivity index (χ3n) is 2.77. The predicted octanol–water partition coefficient (Wildman–Crippen LogP) is 2.42. The van der Waals surface area contributed by atoms with E-state index >= 15 is 0 Å². The van der Waals surface area contributed by atoms with E-state index < -0.39 is 15.1 Å². The van der Waals surface area contributed by atoms with E-state index in [2.05, 4.69) is 9.97 Å². The van der Waals surface area contributed by atoms with Crippen molar-refractivity contribution in [1.82, 2.24) is 9.97 Å². The van der Waals surface area contributed by atoms with E-state index in [0.29, 0.717) is 17.8 Å². The topological polar surface area (TPSA) is 59.9 Å². The summed E-state index contributed by atoms with van der Waals surface area (Å²) >= 11 is 5.58. The molecule has 0 saturated heterocycles. The summed E-state index contributed by atoms with van der Waals surface area (Å²) in [6.07, 6.45) is 1.92. The van der Waals surface area contributed by atoms with Crippen molar-refractivity contribution in [2.45, 2.75) is 23.8 Å². The molecule has 2 rings (SSSR count). The van der Waals surface area contributed by atoms with Crippen LogP contribution in [0, 0.1) is 0 Å². The summed E-state index contributed by atoms with van der Waals surface area (Å²) < 4.78 is 24.4. The molecule has 1 unspecified atom stereocenters. The molecule has 0 aliphatic heterocycles. The standard InChI is InChI=1S/C12H13ClN2O2S/c1-9(6-7-13)18(16,17)12-14-8-10-4-2-3-5-11(10)15-12/h2-5,8-9H,6-7H2,1H3. The first-order valence-corrected chi connectivity index (χ1v) is 7.65. The van der Waals surface area contributed by atoms with Gasteiger partial charge in [-0.1, -0.05) is 18.2 Å². The summed E-state index contributed by atoms with van der Waals surface area (Å²) in [5, 5.41) is 0.122. The van der Waals surface area contributed by atoms with Crippen molar-refractivity contribution in [1.29, 1.82) is 0 Å². The van der Waals surface area contributed by atoms with Gasteiger partial charge in [0.25, 0.3) is 0 Å². The lowest BCUT2D eigenvalue weighted by atomic mass is 10.2. The van der Waals surface area contributed by atoms with Crippen LogP contribution in [0.1, 0.15) is 13.3 Å². The van der Waals surface area contributed by atoms with Gasteiger partial charge in [0.2, 0.25) is 15.0 Å². The van der Waals surface area contributed by atoms with Gasteiger partial charge in [-0.3, -0.25) is 0 Å². The van der Waals surface area contributed by atoms with Gasteiger partial charge in [-0.05, 0) is 19.4 Å². The lowest BCUT2D eigenvalue weighted by molar-refractivity contribution is 0.573. The van der Waals surface area contributed by atoms with E-state index in [4.69, 9.17) is 11.6 Å². The Balaban J connectivity index is 2.48. The summed E-state index contributed by atoms with van der Waals surface area (Å²) in [5.41, 5.74) is 0.629. The average molecular weight is 285 g/mol. The minimum atomic E-state index is -3.50. The lowest BCUT2D eigenvalue weighted by Gasteiger charge is -2.10. The molecule has 1 aromatic carbocycles. The number of hydrogen-bond acceptors (Lipinski definition) is 4. The van der Waals surface area contributed by atoms with Gasteiger partial charge in [-0.2, -0.15) is 0 Å². The molecule has 1 atom stereocenters. The maximum Gasteiger partial charge on any atom is 0.247 e. The average Bonchev–Trinajstić information content (AvgIpc) is 2.38. The molecular weight excluding hydrogens is 272 g/mol. The number of alkyl halides is 1. The van der Waals surface area contributed by atoms with E-state index in [-0.39, 0.29) is 5.16 Å². The second-order valence-corrected chi connectivity index (χ2v) is 6.68. The summed E-state index contributed by atoms with van der Waals surface area (Å²) in [5.74, 6) is 0.300. The zero-order valence-corrected chi connectivity index (χ0v) is 11.4. The summed E-state index contributed by atoms with van der Waals surface area (Å²) in [7, 11) is -3.50. The van der Waals surface area contributed by atoms with Crippen molar-refractivity contribution in [3.63, 3.8) is 0 Å². The van der Waals surface area contributed by atoms with Crippen LogP contribution in [0.5, 0.6) is 0 Å². The minimum Gasteiger partial charge on any atom is -0.226 e. The molecule has 4 nitrogen and oxygen atoms in total. The fourth-order valence-corrected chi connectivity index (χ4v) is 3.25. The van der Waals surface area contributed by atoms with E-state index in [1.807, 2.05) is 18.2 Å². The molecule has 0 saturated carbocycles. The van der Waals surface area contributed by atoms with Crippen LogP contribution >= 0.6 is 11.6 Å². The SMILES string of the molecule is CC(CCCl)S(=O)(=O)c1ncc2ccccc2n1. The van der Waals surface area contributed by atoms with E-state index in [1.54, 1.807) is 13.0 Å². The largest absolute Gasteiger partial charge is 0.247 e. The smallest absolute Gasteiger partial charge is 0.226 e. The molecule has 0 spiro atoms. The Morgan fingerprint density at radius 3 is 2.78 bits per heavy atom. The molecule has 0 aliphatic rings. The molecular formula is C12H13ClN2O2S. The van der Waals surface area contributed by atoms with Crippen LogP contribution in [-0.4, -0.2) is 29.5 Å².